The van der Waals surface area contributed by atoms with E-state index in [0.717, 1.165) is 35.8 Å². The zero-order chi connectivity index (χ0) is 17.9. The van der Waals surface area contributed by atoms with Crippen molar-refractivity contribution in [3.8, 4) is 11.3 Å². The average Bonchev–Trinajstić information content (AvgIpc) is 2.66. The van der Waals surface area contributed by atoms with Gasteiger partial charge in [-0.05, 0) is 54.3 Å². The first-order chi connectivity index (χ1) is 12.7. The summed E-state index contributed by atoms with van der Waals surface area (Å²) >= 11 is 5.93. The second-order valence-corrected chi connectivity index (χ2v) is 6.96. The molecule has 0 unspecified atom stereocenters. The summed E-state index contributed by atoms with van der Waals surface area (Å²) in [6.07, 6.45) is 4.34. The van der Waals surface area contributed by atoms with E-state index < -0.39 is 0 Å². The molecule has 1 fully saturated rings. The minimum absolute atomic E-state index is 0.0291. The molecule has 0 atom stereocenters. The largest absolute Gasteiger partial charge is 0.337 e. The highest BCUT2D eigenvalue weighted by molar-refractivity contribution is 6.30. The van der Waals surface area contributed by atoms with Crippen LogP contribution in [-0.4, -0.2) is 33.9 Å². The number of rotatable bonds is 4. The predicted octanol–water partition coefficient (Wildman–Crippen LogP) is 4.11. The highest BCUT2D eigenvalue weighted by Crippen LogP contribution is 2.26. The van der Waals surface area contributed by atoms with Gasteiger partial charge in [0, 0.05) is 36.1 Å². The van der Waals surface area contributed by atoms with Crippen molar-refractivity contribution < 1.29 is 4.79 Å². The standard InChI is InChI=1S/C21H18ClN3O/c22-17-8-6-15(7-9-17)12-16-13-25(14-16)21(26)20-18(4-3-11-24-20)19-5-1-2-10-23-19/h1-11,16H,12-14H2. The molecule has 1 aromatic carbocycles. The molecule has 3 aromatic rings. The fraction of sp³-hybridized carbons (Fsp3) is 0.190. The van der Waals surface area contributed by atoms with Gasteiger partial charge in [0.2, 0.25) is 0 Å². The molecular weight excluding hydrogens is 346 g/mol. The zero-order valence-corrected chi connectivity index (χ0v) is 14.9. The Morgan fingerprint density at radius 1 is 1.00 bits per heavy atom. The van der Waals surface area contributed by atoms with E-state index in [1.165, 1.54) is 5.56 Å². The second kappa shape index (κ2) is 7.26. The number of hydrogen-bond donors (Lipinski definition) is 0. The summed E-state index contributed by atoms with van der Waals surface area (Å²) in [5, 5.41) is 0.747. The van der Waals surface area contributed by atoms with E-state index in [1.54, 1.807) is 12.4 Å². The molecule has 1 amide bonds. The first-order valence-electron chi connectivity index (χ1n) is 8.61. The number of carbonyl (C=O) groups excluding carboxylic acids is 1. The van der Waals surface area contributed by atoms with Gasteiger partial charge in [0.05, 0.1) is 5.69 Å². The van der Waals surface area contributed by atoms with Crippen LogP contribution in [0.15, 0.2) is 67.0 Å². The van der Waals surface area contributed by atoms with E-state index in [2.05, 4.69) is 9.97 Å². The van der Waals surface area contributed by atoms with E-state index in [0.29, 0.717) is 11.6 Å². The summed E-state index contributed by atoms with van der Waals surface area (Å²) in [5.74, 6) is 0.445. The minimum Gasteiger partial charge on any atom is -0.337 e. The lowest BCUT2D eigenvalue weighted by molar-refractivity contribution is 0.0496. The van der Waals surface area contributed by atoms with Crippen molar-refractivity contribution in [2.45, 2.75) is 6.42 Å². The fourth-order valence-corrected chi connectivity index (χ4v) is 3.40. The number of halogens is 1. The number of amides is 1. The van der Waals surface area contributed by atoms with Crippen molar-refractivity contribution in [2.75, 3.05) is 13.1 Å². The molecule has 4 rings (SSSR count). The highest BCUT2D eigenvalue weighted by Gasteiger charge is 2.32. The van der Waals surface area contributed by atoms with E-state index in [4.69, 9.17) is 11.6 Å². The molecule has 2 aromatic heterocycles. The second-order valence-electron chi connectivity index (χ2n) is 6.52. The van der Waals surface area contributed by atoms with Crippen LogP contribution in [0.5, 0.6) is 0 Å². The quantitative estimate of drug-likeness (QED) is 0.700. The zero-order valence-electron chi connectivity index (χ0n) is 14.2. The lowest BCUT2D eigenvalue weighted by Gasteiger charge is -2.39. The van der Waals surface area contributed by atoms with Crippen LogP contribution >= 0.6 is 11.6 Å². The smallest absolute Gasteiger partial charge is 0.273 e. The van der Waals surface area contributed by atoms with Crippen LogP contribution < -0.4 is 0 Å². The summed E-state index contributed by atoms with van der Waals surface area (Å²) in [4.78, 5) is 23.4. The van der Waals surface area contributed by atoms with Gasteiger partial charge in [0.1, 0.15) is 5.69 Å². The molecule has 0 bridgehead atoms. The third-order valence-corrected chi connectivity index (χ3v) is 4.89. The van der Waals surface area contributed by atoms with Crippen LogP contribution in [-0.2, 0) is 6.42 Å². The Labute approximate surface area is 157 Å². The van der Waals surface area contributed by atoms with E-state index in [-0.39, 0.29) is 5.91 Å². The minimum atomic E-state index is -0.0291. The number of nitrogens with zero attached hydrogens (tertiary/aromatic N) is 3. The van der Waals surface area contributed by atoms with Gasteiger partial charge in [0.25, 0.3) is 5.91 Å². The first-order valence-corrected chi connectivity index (χ1v) is 8.98. The third kappa shape index (κ3) is 3.46. The summed E-state index contributed by atoms with van der Waals surface area (Å²) in [6.45, 7) is 1.50. The summed E-state index contributed by atoms with van der Waals surface area (Å²) < 4.78 is 0. The summed E-state index contributed by atoms with van der Waals surface area (Å²) in [7, 11) is 0. The number of carbonyl (C=O) groups is 1. The summed E-state index contributed by atoms with van der Waals surface area (Å²) in [5.41, 5.74) is 3.26. The van der Waals surface area contributed by atoms with Crippen LogP contribution in [0.3, 0.4) is 0 Å². The number of hydrogen-bond acceptors (Lipinski definition) is 3. The number of aromatic nitrogens is 2. The Morgan fingerprint density at radius 3 is 2.50 bits per heavy atom. The lowest BCUT2D eigenvalue weighted by Crippen LogP contribution is -2.51. The maximum absolute atomic E-state index is 12.9. The van der Waals surface area contributed by atoms with Crippen molar-refractivity contribution in [1.29, 1.82) is 0 Å². The van der Waals surface area contributed by atoms with Crippen LogP contribution in [0.1, 0.15) is 16.1 Å². The van der Waals surface area contributed by atoms with E-state index in [1.807, 2.05) is 59.5 Å². The van der Waals surface area contributed by atoms with Crippen LogP contribution in [0.4, 0.5) is 0 Å². The van der Waals surface area contributed by atoms with Crippen molar-refractivity contribution in [3.63, 3.8) is 0 Å². The van der Waals surface area contributed by atoms with E-state index in [9.17, 15) is 4.79 Å². The predicted molar refractivity (Wildman–Crippen MR) is 102 cm³/mol. The third-order valence-electron chi connectivity index (χ3n) is 4.63. The average molecular weight is 364 g/mol. The first kappa shape index (κ1) is 16.7. The molecule has 0 aliphatic carbocycles. The van der Waals surface area contributed by atoms with Crippen LogP contribution in [0.2, 0.25) is 5.02 Å². The van der Waals surface area contributed by atoms with Crippen LogP contribution in [0.25, 0.3) is 11.3 Å². The van der Waals surface area contributed by atoms with Gasteiger partial charge < -0.3 is 4.90 Å². The van der Waals surface area contributed by atoms with Gasteiger partial charge >= 0.3 is 0 Å². The van der Waals surface area contributed by atoms with Gasteiger partial charge in [-0.3, -0.25) is 14.8 Å². The van der Waals surface area contributed by atoms with Gasteiger partial charge in [-0.15, -0.1) is 0 Å². The molecule has 1 saturated heterocycles. The summed E-state index contributed by atoms with van der Waals surface area (Å²) in [6, 6.07) is 17.3. The van der Waals surface area contributed by atoms with Gasteiger partial charge in [-0.2, -0.15) is 0 Å². The molecule has 0 N–H and O–H groups in total. The Bertz CT molecular complexity index is 906. The Hall–Kier alpha value is -2.72. The lowest BCUT2D eigenvalue weighted by atomic mass is 9.91. The maximum atomic E-state index is 12.9. The van der Waals surface area contributed by atoms with Crippen molar-refractivity contribution >= 4 is 17.5 Å². The van der Waals surface area contributed by atoms with Gasteiger partial charge in [-0.25, -0.2) is 0 Å². The topological polar surface area (TPSA) is 46.1 Å². The van der Waals surface area contributed by atoms with Crippen molar-refractivity contribution in [2.24, 2.45) is 5.92 Å². The molecule has 5 heteroatoms. The van der Waals surface area contributed by atoms with Gasteiger partial charge in [0.15, 0.2) is 0 Å². The molecule has 130 valence electrons. The fourth-order valence-electron chi connectivity index (χ4n) is 3.27. The maximum Gasteiger partial charge on any atom is 0.273 e. The number of likely N-dealkylation sites (tertiary alicyclic amines) is 1. The Morgan fingerprint density at radius 2 is 1.77 bits per heavy atom. The van der Waals surface area contributed by atoms with Crippen LogP contribution in [0, 0.1) is 5.92 Å². The molecule has 0 saturated carbocycles. The molecule has 1 aliphatic heterocycles. The SMILES string of the molecule is O=C(c1ncccc1-c1ccccn1)N1CC(Cc2ccc(Cl)cc2)C1. The molecule has 4 nitrogen and oxygen atoms in total. The number of benzene rings is 1. The molecule has 0 radical (unpaired) electrons. The molecular formula is C21H18ClN3O. The Kier molecular flexibility index (Phi) is 4.67. The van der Waals surface area contributed by atoms with E-state index >= 15 is 0 Å². The molecule has 3 heterocycles. The van der Waals surface area contributed by atoms with Gasteiger partial charge in [-0.1, -0.05) is 29.8 Å². The molecule has 0 spiro atoms. The number of pyridine rings is 2. The Balaban J connectivity index is 1.44. The molecule has 1 aliphatic rings. The van der Waals surface area contributed by atoms with Crippen molar-refractivity contribution in [1.82, 2.24) is 14.9 Å². The normalized spacial score (nSPS) is 14.1. The molecule has 26 heavy (non-hydrogen) atoms. The highest BCUT2D eigenvalue weighted by atomic mass is 35.5. The monoisotopic (exact) mass is 363 g/mol. The van der Waals surface area contributed by atoms with Crippen molar-refractivity contribution in [3.05, 3.63) is 83.3 Å².